The number of aromatic amines is 2. The van der Waals surface area contributed by atoms with Crippen LogP contribution in [0.15, 0.2) is 72.8 Å². The Morgan fingerprint density at radius 1 is 0.586 bits per heavy atom. The quantitative estimate of drug-likeness (QED) is 0.277. The summed E-state index contributed by atoms with van der Waals surface area (Å²) in [4.78, 5) is 7.42. The van der Waals surface area contributed by atoms with Crippen molar-refractivity contribution in [2.75, 3.05) is 0 Å². The maximum absolute atomic E-state index is 3.72. The highest BCUT2D eigenvalue weighted by atomic mass is 14.7. The summed E-state index contributed by atoms with van der Waals surface area (Å²) in [5.74, 6) is 0. The van der Waals surface area contributed by atoms with Crippen LogP contribution in [0.3, 0.4) is 0 Å². The molecule has 6 aromatic rings. The Labute approximate surface area is 167 Å². The molecule has 0 spiro atoms. The Balaban J connectivity index is 1.61. The zero-order valence-corrected chi connectivity index (χ0v) is 15.8. The fourth-order valence-electron chi connectivity index (χ4n) is 4.93. The van der Waals surface area contributed by atoms with Crippen molar-refractivity contribution in [3.8, 4) is 0 Å². The summed E-state index contributed by atoms with van der Waals surface area (Å²) < 4.78 is 0. The van der Waals surface area contributed by atoms with Crippen molar-refractivity contribution in [3.63, 3.8) is 0 Å². The van der Waals surface area contributed by atoms with E-state index in [2.05, 4.69) is 94.9 Å². The normalized spacial score (nSPS) is 13.8. The number of fused-ring (bicyclic) bond motifs is 10. The molecule has 0 atom stereocenters. The van der Waals surface area contributed by atoms with Crippen LogP contribution < -0.4 is 0 Å². The lowest BCUT2D eigenvalue weighted by Crippen LogP contribution is -1.82. The minimum Gasteiger partial charge on any atom is -0.354 e. The van der Waals surface area contributed by atoms with Gasteiger partial charge < -0.3 is 9.97 Å². The molecule has 2 aromatic heterocycles. The van der Waals surface area contributed by atoms with Crippen LogP contribution >= 0.6 is 0 Å². The first kappa shape index (κ1) is 15.2. The first-order valence-electron chi connectivity index (χ1n) is 10.1. The third-order valence-corrected chi connectivity index (χ3v) is 6.32. The molecule has 2 heterocycles. The number of allylic oxidation sites excluding steroid dienone is 2. The van der Waals surface area contributed by atoms with Gasteiger partial charge in [-0.25, -0.2) is 0 Å². The molecule has 2 heteroatoms. The summed E-state index contributed by atoms with van der Waals surface area (Å²) in [6.07, 6.45) is 9.91. The maximum atomic E-state index is 3.72. The van der Waals surface area contributed by atoms with E-state index < -0.39 is 0 Å². The van der Waals surface area contributed by atoms with Crippen LogP contribution in [0.5, 0.6) is 0 Å². The highest BCUT2D eigenvalue weighted by Gasteiger charge is 2.14. The van der Waals surface area contributed by atoms with Gasteiger partial charge in [-0.1, -0.05) is 72.8 Å². The minimum absolute atomic E-state index is 0.985. The largest absolute Gasteiger partial charge is 0.354 e. The van der Waals surface area contributed by atoms with Crippen molar-refractivity contribution >= 4 is 66.5 Å². The summed E-state index contributed by atoms with van der Waals surface area (Å²) >= 11 is 0. The second-order valence-electron chi connectivity index (χ2n) is 7.93. The SMILES string of the molecule is C1=Cc2ccc3c([nH]c4cc5c(cc43)[nH]c3c4ccccc4ccc53)c2C=CC1. The zero-order valence-electron chi connectivity index (χ0n) is 15.8. The van der Waals surface area contributed by atoms with E-state index in [0.29, 0.717) is 0 Å². The number of benzene rings is 4. The molecule has 136 valence electrons. The molecular weight excluding hydrogens is 352 g/mol. The molecule has 0 amide bonds. The lowest BCUT2D eigenvalue weighted by molar-refractivity contribution is 1.44. The predicted molar refractivity (Wildman–Crippen MR) is 125 cm³/mol. The monoisotopic (exact) mass is 370 g/mol. The van der Waals surface area contributed by atoms with Gasteiger partial charge in [0, 0.05) is 43.5 Å². The minimum atomic E-state index is 0.985. The van der Waals surface area contributed by atoms with Gasteiger partial charge in [0.2, 0.25) is 0 Å². The molecule has 29 heavy (non-hydrogen) atoms. The van der Waals surface area contributed by atoms with Crippen LogP contribution in [-0.2, 0) is 0 Å². The lowest BCUT2D eigenvalue weighted by atomic mass is 10.0. The first-order chi connectivity index (χ1) is 14.4. The number of H-pyrrole nitrogens is 2. The Morgan fingerprint density at radius 3 is 2.21 bits per heavy atom. The Bertz CT molecular complexity index is 1670. The number of nitrogens with one attached hydrogen (secondary N) is 2. The van der Waals surface area contributed by atoms with E-state index in [0.717, 1.165) is 6.42 Å². The van der Waals surface area contributed by atoms with E-state index in [1.54, 1.807) is 0 Å². The standard InChI is InChI=1S/C27H18N2/c1-2-6-16-10-12-20-22-14-25-23(15-24(22)28-26(20)18(16)8-3-1)21-13-11-17-7-4-5-9-19(17)27(21)29-25/h2-15,28-29H,1H2. The van der Waals surface area contributed by atoms with Gasteiger partial charge in [-0.15, -0.1) is 0 Å². The molecule has 4 aromatic carbocycles. The van der Waals surface area contributed by atoms with Gasteiger partial charge in [0.1, 0.15) is 0 Å². The first-order valence-corrected chi connectivity index (χ1v) is 10.1. The molecular formula is C27H18N2. The fourth-order valence-corrected chi connectivity index (χ4v) is 4.93. The molecule has 0 aliphatic heterocycles. The molecule has 0 radical (unpaired) electrons. The van der Waals surface area contributed by atoms with E-state index in [-0.39, 0.29) is 0 Å². The van der Waals surface area contributed by atoms with Crippen LogP contribution in [0.2, 0.25) is 0 Å². The second kappa shape index (κ2) is 5.39. The van der Waals surface area contributed by atoms with Gasteiger partial charge in [0.25, 0.3) is 0 Å². The van der Waals surface area contributed by atoms with Gasteiger partial charge in [0.05, 0.1) is 11.0 Å². The van der Waals surface area contributed by atoms with Crippen LogP contribution in [0.4, 0.5) is 0 Å². The van der Waals surface area contributed by atoms with Crippen molar-refractivity contribution in [1.29, 1.82) is 0 Å². The van der Waals surface area contributed by atoms with E-state index in [4.69, 9.17) is 0 Å². The topological polar surface area (TPSA) is 31.6 Å². The van der Waals surface area contributed by atoms with Crippen molar-refractivity contribution < 1.29 is 0 Å². The average molecular weight is 370 g/mol. The van der Waals surface area contributed by atoms with Gasteiger partial charge in [-0.2, -0.15) is 0 Å². The molecule has 0 fully saturated rings. The third-order valence-electron chi connectivity index (χ3n) is 6.32. The van der Waals surface area contributed by atoms with E-state index in [1.807, 2.05) is 0 Å². The van der Waals surface area contributed by atoms with Crippen molar-refractivity contribution in [1.82, 2.24) is 9.97 Å². The zero-order chi connectivity index (χ0) is 18.9. The van der Waals surface area contributed by atoms with E-state index in [1.165, 1.54) is 65.5 Å². The summed E-state index contributed by atoms with van der Waals surface area (Å²) in [7, 11) is 0. The maximum Gasteiger partial charge on any atom is 0.0544 e. The Hall–Kier alpha value is -3.78. The highest BCUT2D eigenvalue weighted by molar-refractivity contribution is 6.21. The van der Waals surface area contributed by atoms with Crippen LogP contribution in [0, 0.1) is 0 Å². The van der Waals surface area contributed by atoms with Gasteiger partial charge in [0.15, 0.2) is 0 Å². The average Bonchev–Trinajstić information content (AvgIpc) is 3.20. The number of hydrogen-bond donors (Lipinski definition) is 2. The van der Waals surface area contributed by atoms with Crippen molar-refractivity contribution in [3.05, 3.63) is 83.9 Å². The summed E-state index contributed by atoms with van der Waals surface area (Å²) in [6.45, 7) is 0. The summed E-state index contributed by atoms with van der Waals surface area (Å²) in [5.41, 5.74) is 7.39. The molecule has 1 aliphatic rings. The Morgan fingerprint density at radius 2 is 1.31 bits per heavy atom. The smallest absolute Gasteiger partial charge is 0.0544 e. The molecule has 1 aliphatic carbocycles. The van der Waals surface area contributed by atoms with Gasteiger partial charge >= 0.3 is 0 Å². The van der Waals surface area contributed by atoms with E-state index in [9.17, 15) is 0 Å². The van der Waals surface area contributed by atoms with Crippen molar-refractivity contribution in [2.45, 2.75) is 6.42 Å². The number of aromatic nitrogens is 2. The van der Waals surface area contributed by atoms with Gasteiger partial charge in [-0.3, -0.25) is 0 Å². The second-order valence-corrected chi connectivity index (χ2v) is 7.93. The molecule has 0 saturated carbocycles. The third kappa shape index (κ3) is 2.01. The summed E-state index contributed by atoms with van der Waals surface area (Å²) in [5, 5.41) is 7.64. The molecule has 0 bridgehead atoms. The molecule has 2 N–H and O–H groups in total. The van der Waals surface area contributed by atoms with Crippen LogP contribution in [0.25, 0.3) is 66.5 Å². The summed E-state index contributed by atoms with van der Waals surface area (Å²) in [6, 6.07) is 22.1. The number of rotatable bonds is 0. The molecule has 2 nitrogen and oxygen atoms in total. The number of hydrogen-bond acceptors (Lipinski definition) is 0. The molecule has 0 saturated heterocycles. The molecule has 0 unspecified atom stereocenters. The van der Waals surface area contributed by atoms with E-state index >= 15 is 0 Å². The van der Waals surface area contributed by atoms with Crippen LogP contribution in [-0.4, -0.2) is 9.97 Å². The highest BCUT2D eigenvalue weighted by Crippen LogP contribution is 2.37. The van der Waals surface area contributed by atoms with Gasteiger partial charge in [-0.05, 0) is 29.5 Å². The van der Waals surface area contributed by atoms with Crippen LogP contribution in [0.1, 0.15) is 17.5 Å². The predicted octanol–water partition coefficient (Wildman–Crippen LogP) is 7.54. The Kier molecular flexibility index (Phi) is 2.82. The fraction of sp³-hybridized carbons (Fsp3) is 0.0370. The molecule has 7 rings (SSSR count). The lowest BCUT2D eigenvalue weighted by Gasteiger charge is -2.02. The van der Waals surface area contributed by atoms with Crippen molar-refractivity contribution in [2.24, 2.45) is 0 Å².